The van der Waals surface area contributed by atoms with Crippen molar-refractivity contribution in [2.45, 2.75) is 51.8 Å². The summed E-state index contributed by atoms with van der Waals surface area (Å²) in [6, 6.07) is 5.88. The molecule has 0 bridgehead atoms. The Kier molecular flexibility index (Phi) is 5.00. The first-order valence-electron chi connectivity index (χ1n) is 9.77. The Morgan fingerprint density at radius 3 is 2.93 bits per heavy atom. The third-order valence-corrected chi connectivity index (χ3v) is 5.12. The van der Waals surface area contributed by atoms with E-state index in [1.165, 1.54) is 6.20 Å². The first kappa shape index (κ1) is 18.4. The summed E-state index contributed by atoms with van der Waals surface area (Å²) in [7, 11) is 0. The molecule has 0 spiro atoms. The molecule has 1 aromatic carbocycles. The molecule has 1 amide bonds. The predicted octanol–water partition coefficient (Wildman–Crippen LogP) is 2.87. The summed E-state index contributed by atoms with van der Waals surface area (Å²) in [6.45, 7) is 2.87. The zero-order valence-electron chi connectivity index (χ0n) is 16.0. The molecule has 0 aliphatic heterocycles. The summed E-state index contributed by atoms with van der Waals surface area (Å²) in [6.07, 6.45) is 7.63. The lowest BCUT2D eigenvalue weighted by Crippen LogP contribution is -2.26. The van der Waals surface area contributed by atoms with E-state index in [1.807, 2.05) is 29.1 Å². The predicted molar refractivity (Wildman–Crippen MR) is 109 cm³/mol. The van der Waals surface area contributed by atoms with Crippen molar-refractivity contribution in [2.24, 2.45) is 0 Å². The Balaban J connectivity index is 1.76. The lowest BCUT2D eigenvalue weighted by molar-refractivity contribution is 0.0951. The highest BCUT2D eigenvalue weighted by Crippen LogP contribution is 2.32. The fourth-order valence-corrected chi connectivity index (χ4v) is 3.29. The Hall–Kier alpha value is -2.93. The number of nitrogen functional groups attached to an aromatic ring is 1. The highest BCUT2D eigenvalue weighted by atomic mass is 16.3. The van der Waals surface area contributed by atoms with Gasteiger partial charge in [-0.1, -0.05) is 13.3 Å². The largest absolute Gasteiger partial charge is 0.397 e. The number of hydrogen-bond donors (Lipinski definition) is 3. The van der Waals surface area contributed by atoms with Gasteiger partial charge in [0.2, 0.25) is 0 Å². The number of amides is 1. The van der Waals surface area contributed by atoms with Gasteiger partial charge in [0, 0.05) is 35.9 Å². The van der Waals surface area contributed by atoms with Crippen molar-refractivity contribution < 1.29 is 9.90 Å². The number of aliphatic hydroxyl groups excluding tert-OH is 1. The van der Waals surface area contributed by atoms with Gasteiger partial charge in [0.05, 0.1) is 29.1 Å². The molecule has 1 fully saturated rings. The van der Waals surface area contributed by atoms with Gasteiger partial charge in [-0.25, -0.2) is 0 Å². The fraction of sp³-hybridized carbons (Fsp3) is 0.381. The number of pyridine rings is 1. The molecule has 3 aromatic rings. The SMILES string of the molecule is CCCCn1ccc(-c2cc3c(N)c(C(=O)NC4CC4)cnc3cc2CO)n1. The number of aromatic nitrogens is 3. The maximum absolute atomic E-state index is 12.5. The average Bonchev–Trinajstić information content (AvgIpc) is 3.39. The van der Waals surface area contributed by atoms with Crippen LogP contribution in [0.25, 0.3) is 22.2 Å². The van der Waals surface area contributed by atoms with E-state index in [2.05, 4.69) is 22.3 Å². The van der Waals surface area contributed by atoms with E-state index in [1.54, 1.807) is 0 Å². The lowest BCUT2D eigenvalue weighted by Gasteiger charge is -2.12. The van der Waals surface area contributed by atoms with Crippen molar-refractivity contribution in [1.29, 1.82) is 0 Å². The first-order chi connectivity index (χ1) is 13.6. The number of nitrogens with one attached hydrogen (secondary N) is 1. The van der Waals surface area contributed by atoms with Crippen LogP contribution in [-0.2, 0) is 13.2 Å². The van der Waals surface area contributed by atoms with Crippen molar-refractivity contribution in [3.05, 3.63) is 41.7 Å². The monoisotopic (exact) mass is 379 g/mol. The second-order valence-corrected chi connectivity index (χ2v) is 7.34. The molecule has 1 aliphatic rings. The highest BCUT2D eigenvalue weighted by Gasteiger charge is 2.25. The highest BCUT2D eigenvalue weighted by molar-refractivity contribution is 6.07. The van der Waals surface area contributed by atoms with Crippen LogP contribution in [0.15, 0.2) is 30.6 Å². The van der Waals surface area contributed by atoms with Crippen LogP contribution in [0, 0.1) is 0 Å². The molecular weight excluding hydrogens is 354 g/mol. The molecule has 4 N–H and O–H groups in total. The standard InChI is InChI=1S/C21H25N5O2/c1-2-3-7-26-8-6-18(25-26)15-10-16-19(9-13(15)12-27)23-11-17(20(16)22)21(28)24-14-4-5-14/h6,8-11,14,27H,2-5,7,12H2,1H3,(H2,22,23)(H,24,28). The molecule has 0 unspecified atom stereocenters. The molecule has 7 nitrogen and oxygen atoms in total. The molecule has 1 saturated carbocycles. The van der Waals surface area contributed by atoms with Crippen molar-refractivity contribution in [3.63, 3.8) is 0 Å². The third-order valence-electron chi connectivity index (χ3n) is 5.12. The van der Waals surface area contributed by atoms with Crippen LogP contribution in [0.3, 0.4) is 0 Å². The number of unbranched alkanes of at least 4 members (excludes halogenated alkanes) is 1. The quantitative estimate of drug-likeness (QED) is 0.585. The number of anilines is 1. The number of nitrogens with zero attached hydrogens (tertiary/aromatic N) is 3. The van der Waals surface area contributed by atoms with Crippen LogP contribution in [0.2, 0.25) is 0 Å². The van der Waals surface area contributed by atoms with Crippen LogP contribution in [-0.4, -0.2) is 31.8 Å². The molecule has 2 aromatic heterocycles. The molecule has 0 atom stereocenters. The number of hydrogen-bond acceptors (Lipinski definition) is 5. The minimum absolute atomic E-state index is 0.126. The van der Waals surface area contributed by atoms with Crippen molar-refractivity contribution >= 4 is 22.5 Å². The van der Waals surface area contributed by atoms with Gasteiger partial charge in [-0.3, -0.25) is 14.5 Å². The molecule has 0 saturated heterocycles. The van der Waals surface area contributed by atoms with Gasteiger partial charge in [0.1, 0.15) is 0 Å². The van der Waals surface area contributed by atoms with Gasteiger partial charge in [0.15, 0.2) is 0 Å². The van der Waals surface area contributed by atoms with Gasteiger partial charge in [-0.05, 0) is 43.0 Å². The summed E-state index contributed by atoms with van der Waals surface area (Å²) >= 11 is 0. The zero-order chi connectivity index (χ0) is 19.7. The van der Waals surface area contributed by atoms with Crippen LogP contribution >= 0.6 is 0 Å². The normalized spacial score (nSPS) is 13.8. The number of nitrogens with two attached hydrogens (primary N) is 1. The maximum Gasteiger partial charge on any atom is 0.255 e. The van der Waals surface area contributed by atoms with Crippen molar-refractivity contribution in [2.75, 3.05) is 5.73 Å². The van der Waals surface area contributed by atoms with Crippen LogP contribution in [0.4, 0.5) is 5.69 Å². The summed E-state index contributed by atoms with van der Waals surface area (Å²) < 4.78 is 1.91. The van der Waals surface area contributed by atoms with E-state index in [0.29, 0.717) is 22.2 Å². The fourth-order valence-electron chi connectivity index (χ4n) is 3.29. The Morgan fingerprint density at radius 2 is 2.21 bits per heavy atom. The smallest absolute Gasteiger partial charge is 0.255 e. The number of benzene rings is 1. The van der Waals surface area contributed by atoms with Gasteiger partial charge >= 0.3 is 0 Å². The Labute approximate surface area is 163 Å². The summed E-state index contributed by atoms with van der Waals surface area (Å²) in [5.74, 6) is -0.189. The van der Waals surface area contributed by atoms with Gasteiger partial charge in [0.25, 0.3) is 5.91 Å². The van der Waals surface area contributed by atoms with E-state index in [0.717, 1.165) is 49.0 Å². The maximum atomic E-state index is 12.5. The Bertz CT molecular complexity index is 1020. The summed E-state index contributed by atoms with van der Waals surface area (Å²) in [5.41, 5.74) is 10.1. The van der Waals surface area contributed by atoms with E-state index in [9.17, 15) is 9.90 Å². The van der Waals surface area contributed by atoms with E-state index >= 15 is 0 Å². The molecule has 2 heterocycles. The van der Waals surface area contributed by atoms with Crippen molar-refractivity contribution in [1.82, 2.24) is 20.1 Å². The third kappa shape index (κ3) is 3.57. The first-order valence-corrected chi connectivity index (χ1v) is 9.77. The molecule has 7 heteroatoms. The van der Waals surface area contributed by atoms with E-state index < -0.39 is 0 Å². The number of carbonyl (C=O) groups excluding carboxylic acids is 1. The molecule has 4 rings (SSSR count). The summed E-state index contributed by atoms with van der Waals surface area (Å²) in [5, 5.41) is 18.1. The number of aryl methyl sites for hydroxylation is 1. The topological polar surface area (TPSA) is 106 Å². The van der Waals surface area contributed by atoms with Crippen LogP contribution < -0.4 is 11.1 Å². The molecule has 1 aliphatic carbocycles. The molecule has 146 valence electrons. The lowest BCUT2D eigenvalue weighted by atomic mass is 9.99. The number of rotatable bonds is 7. The number of fused-ring (bicyclic) bond motifs is 1. The van der Waals surface area contributed by atoms with Crippen LogP contribution in [0.5, 0.6) is 0 Å². The molecule has 28 heavy (non-hydrogen) atoms. The second-order valence-electron chi connectivity index (χ2n) is 7.34. The minimum Gasteiger partial charge on any atom is -0.397 e. The molecular formula is C21H25N5O2. The number of carbonyl (C=O) groups is 1. The Morgan fingerprint density at radius 1 is 1.39 bits per heavy atom. The van der Waals surface area contributed by atoms with Crippen molar-refractivity contribution in [3.8, 4) is 11.3 Å². The van der Waals surface area contributed by atoms with E-state index in [-0.39, 0.29) is 18.6 Å². The van der Waals surface area contributed by atoms with E-state index in [4.69, 9.17) is 5.73 Å². The van der Waals surface area contributed by atoms with Gasteiger partial charge < -0.3 is 16.2 Å². The average molecular weight is 379 g/mol. The van der Waals surface area contributed by atoms with Crippen LogP contribution in [0.1, 0.15) is 48.5 Å². The number of aliphatic hydroxyl groups is 1. The van der Waals surface area contributed by atoms with Gasteiger partial charge in [-0.2, -0.15) is 5.10 Å². The van der Waals surface area contributed by atoms with Gasteiger partial charge in [-0.15, -0.1) is 0 Å². The minimum atomic E-state index is -0.189. The zero-order valence-corrected chi connectivity index (χ0v) is 16.0. The molecule has 0 radical (unpaired) electrons. The summed E-state index contributed by atoms with van der Waals surface area (Å²) in [4.78, 5) is 16.9. The second kappa shape index (κ2) is 7.59.